The van der Waals surface area contributed by atoms with Crippen molar-refractivity contribution in [2.24, 2.45) is 5.92 Å². The van der Waals surface area contributed by atoms with Gasteiger partial charge in [0, 0.05) is 32.0 Å². The maximum Gasteiger partial charge on any atom is 0.321 e. The van der Waals surface area contributed by atoms with Gasteiger partial charge in [0.2, 0.25) is 0 Å². The van der Waals surface area contributed by atoms with Crippen molar-refractivity contribution in [2.45, 2.75) is 25.9 Å². The standard InChI is InChI=1S/C18H26N6O/c1-14-11-22(2)9-7-17(14)23(3)18(25)21-16-10-20-24(13-16)12-15-6-4-5-8-19-15/h4-6,8,10,13-14,17H,7,9,11-12H2,1-3H3,(H,21,25). The molecule has 0 radical (unpaired) electrons. The largest absolute Gasteiger partial charge is 0.324 e. The van der Waals surface area contributed by atoms with E-state index in [1.54, 1.807) is 17.1 Å². The SMILES string of the molecule is CC1CN(C)CCC1N(C)C(=O)Nc1cnn(Cc2ccccn2)c1. The molecule has 7 nitrogen and oxygen atoms in total. The van der Waals surface area contributed by atoms with Gasteiger partial charge in [-0.3, -0.25) is 9.67 Å². The van der Waals surface area contributed by atoms with E-state index in [4.69, 9.17) is 0 Å². The molecule has 2 unspecified atom stereocenters. The summed E-state index contributed by atoms with van der Waals surface area (Å²) < 4.78 is 1.77. The molecule has 1 fully saturated rings. The van der Waals surface area contributed by atoms with Crippen molar-refractivity contribution in [3.63, 3.8) is 0 Å². The topological polar surface area (TPSA) is 66.3 Å². The van der Waals surface area contributed by atoms with Gasteiger partial charge in [-0.05, 0) is 38.1 Å². The molecule has 7 heteroatoms. The van der Waals surface area contributed by atoms with E-state index < -0.39 is 0 Å². The second-order valence-electron chi connectivity index (χ2n) is 6.88. The minimum Gasteiger partial charge on any atom is -0.324 e. The summed E-state index contributed by atoms with van der Waals surface area (Å²) in [6.07, 6.45) is 6.27. The maximum absolute atomic E-state index is 12.6. The highest BCUT2D eigenvalue weighted by Crippen LogP contribution is 2.21. The van der Waals surface area contributed by atoms with E-state index >= 15 is 0 Å². The predicted molar refractivity (Wildman–Crippen MR) is 97.4 cm³/mol. The van der Waals surface area contributed by atoms with Crippen LogP contribution in [0.1, 0.15) is 19.0 Å². The number of pyridine rings is 1. The van der Waals surface area contributed by atoms with Gasteiger partial charge in [-0.2, -0.15) is 5.10 Å². The zero-order chi connectivity index (χ0) is 17.8. The molecule has 1 N–H and O–H groups in total. The van der Waals surface area contributed by atoms with Crippen LogP contribution in [0, 0.1) is 5.92 Å². The van der Waals surface area contributed by atoms with Gasteiger partial charge in [0.15, 0.2) is 0 Å². The van der Waals surface area contributed by atoms with Crippen LogP contribution in [0.4, 0.5) is 10.5 Å². The molecule has 1 aliphatic rings. The number of carbonyl (C=O) groups is 1. The van der Waals surface area contributed by atoms with E-state index in [9.17, 15) is 4.79 Å². The number of rotatable bonds is 4. The molecule has 2 atom stereocenters. The molecule has 0 aliphatic carbocycles. The lowest BCUT2D eigenvalue weighted by molar-refractivity contribution is 0.113. The Morgan fingerprint density at radius 1 is 1.44 bits per heavy atom. The zero-order valence-electron chi connectivity index (χ0n) is 15.1. The Labute approximate surface area is 148 Å². The third-order valence-electron chi connectivity index (χ3n) is 4.82. The molecular weight excluding hydrogens is 316 g/mol. The molecule has 0 saturated carbocycles. The monoisotopic (exact) mass is 342 g/mol. The first-order valence-corrected chi connectivity index (χ1v) is 8.67. The van der Waals surface area contributed by atoms with E-state index in [2.05, 4.69) is 34.3 Å². The average Bonchev–Trinajstić information content (AvgIpc) is 3.02. The highest BCUT2D eigenvalue weighted by molar-refractivity contribution is 5.89. The average molecular weight is 342 g/mol. The quantitative estimate of drug-likeness (QED) is 0.924. The third-order valence-corrected chi connectivity index (χ3v) is 4.82. The number of hydrogen-bond acceptors (Lipinski definition) is 4. The maximum atomic E-state index is 12.6. The number of nitrogens with one attached hydrogen (secondary N) is 1. The van der Waals surface area contributed by atoms with Crippen molar-refractivity contribution in [1.29, 1.82) is 0 Å². The van der Waals surface area contributed by atoms with Crippen LogP contribution in [-0.2, 0) is 6.54 Å². The fourth-order valence-electron chi connectivity index (χ4n) is 3.45. The number of hydrogen-bond donors (Lipinski definition) is 1. The Kier molecular flexibility index (Phi) is 5.33. The first-order chi connectivity index (χ1) is 12.0. The van der Waals surface area contributed by atoms with Gasteiger partial charge in [-0.15, -0.1) is 0 Å². The third kappa shape index (κ3) is 4.36. The number of piperidine rings is 1. The van der Waals surface area contributed by atoms with Gasteiger partial charge < -0.3 is 15.1 Å². The van der Waals surface area contributed by atoms with Crippen molar-refractivity contribution in [1.82, 2.24) is 24.6 Å². The Balaban J connectivity index is 1.57. The number of amides is 2. The van der Waals surface area contributed by atoms with Crippen molar-refractivity contribution in [3.05, 3.63) is 42.5 Å². The van der Waals surface area contributed by atoms with Crippen LogP contribution in [-0.4, -0.2) is 63.8 Å². The van der Waals surface area contributed by atoms with Crippen molar-refractivity contribution in [2.75, 3.05) is 32.5 Å². The van der Waals surface area contributed by atoms with E-state index in [1.807, 2.05) is 36.3 Å². The van der Waals surface area contributed by atoms with Crippen LogP contribution in [0.2, 0.25) is 0 Å². The summed E-state index contributed by atoms with van der Waals surface area (Å²) in [6, 6.07) is 5.97. The summed E-state index contributed by atoms with van der Waals surface area (Å²) in [5.74, 6) is 0.460. The van der Waals surface area contributed by atoms with Crippen LogP contribution in [0.5, 0.6) is 0 Å². The zero-order valence-corrected chi connectivity index (χ0v) is 15.1. The normalized spacial score (nSPS) is 21.1. The first-order valence-electron chi connectivity index (χ1n) is 8.67. The molecule has 3 heterocycles. The lowest BCUT2D eigenvalue weighted by Gasteiger charge is -2.39. The summed E-state index contributed by atoms with van der Waals surface area (Å²) in [4.78, 5) is 21.0. The molecule has 3 rings (SSSR count). The van der Waals surface area contributed by atoms with Gasteiger partial charge in [-0.25, -0.2) is 4.79 Å². The van der Waals surface area contributed by atoms with E-state index in [1.165, 1.54) is 0 Å². The Morgan fingerprint density at radius 2 is 2.28 bits per heavy atom. The molecule has 2 aromatic heterocycles. The van der Waals surface area contributed by atoms with Crippen LogP contribution in [0.3, 0.4) is 0 Å². The Bertz CT molecular complexity index is 701. The molecule has 2 aromatic rings. The van der Waals surface area contributed by atoms with Gasteiger partial charge in [0.05, 0.1) is 24.1 Å². The minimum atomic E-state index is -0.0845. The molecule has 2 amide bonds. The Morgan fingerprint density at radius 3 is 3.00 bits per heavy atom. The van der Waals surface area contributed by atoms with Crippen molar-refractivity contribution < 1.29 is 4.79 Å². The van der Waals surface area contributed by atoms with Gasteiger partial charge in [0.25, 0.3) is 0 Å². The molecule has 134 valence electrons. The first kappa shape index (κ1) is 17.4. The summed E-state index contributed by atoms with van der Waals surface area (Å²) in [7, 11) is 4.00. The van der Waals surface area contributed by atoms with Gasteiger partial charge >= 0.3 is 6.03 Å². The fraction of sp³-hybridized carbons (Fsp3) is 0.500. The van der Waals surface area contributed by atoms with E-state index in [0.29, 0.717) is 18.2 Å². The number of anilines is 1. The molecule has 0 aromatic carbocycles. The summed E-state index contributed by atoms with van der Waals surface area (Å²) in [6.45, 7) is 4.83. The smallest absolute Gasteiger partial charge is 0.321 e. The second kappa shape index (κ2) is 7.65. The molecular formula is C18H26N6O. The molecule has 1 saturated heterocycles. The van der Waals surface area contributed by atoms with E-state index in [0.717, 1.165) is 25.2 Å². The molecule has 0 spiro atoms. The summed E-state index contributed by atoms with van der Waals surface area (Å²) in [5.41, 5.74) is 1.63. The fourth-order valence-corrected chi connectivity index (χ4v) is 3.45. The predicted octanol–water partition coefficient (Wildman–Crippen LogP) is 2.13. The molecule has 25 heavy (non-hydrogen) atoms. The Hall–Kier alpha value is -2.41. The van der Waals surface area contributed by atoms with Crippen LogP contribution in [0.25, 0.3) is 0 Å². The summed E-state index contributed by atoms with van der Waals surface area (Å²) in [5, 5.41) is 7.24. The lowest BCUT2D eigenvalue weighted by Crippen LogP contribution is -2.50. The number of nitrogens with zero attached hydrogens (tertiary/aromatic N) is 5. The van der Waals surface area contributed by atoms with Crippen LogP contribution in [0.15, 0.2) is 36.8 Å². The lowest BCUT2D eigenvalue weighted by atomic mass is 9.93. The molecule has 1 aliphatic heterocycles. The highest BCUT2D eigenvalue weighted by atomic mass is 16.2. The highest BCUT2D eigenvalue weighted by Gasteiger charge is 2.30. The van der Waals surface area contributed by atoms with Crippen molar-refractivity contribution in [3.8, 4) is 0 Å². The van der Waals surface area contributed by atoms with E-state index in [-0.39, 0.29) is 12.1 Å². The summed E-state index contributed by atoms with van der Waals surface area (Å²) >= 11 is 0. The number of carbonyl (C=O) groups excluding carboxylic acids is 1. The number of urea groups is 1. The second-order valence-corrected chi connectivity index (χ2v) is 6.88. The number of likely N-dealkylation sites (tertiary alicyclic amines) is 1. The van der Waals surface area contributed by atoms with Gasteiger partial charge in [-0.1, -0.05) is 13.0 Å². The van der Waals surface area contributed by atoms with Gasteiger partial charge in [0.1, 0.15) is 0 Å². The number of aromatic nitrogens is 3. The molecule has 0 bridgehead atoms. The van der Waals surface area contributed by atoms with Crippen molar-refractivity contribution >= 4 is 11.7 Å². The van der Waals surface area contributed by atoms with Crippen LogP contribution >= 0.6 is 0 Å². The minimum absolute atomic E-state index is 0.0845. The van der Waals surface area contributed by atoms with Crippen LogP contribution < -0.4 is 5.32 Å².